The van der Waals surface area contributed by atoms with E-state index < -0.39 is 0 Å². The first-order valence-corrected chi connectivity index (χ1v) is 6.47. The van der Waals surface area contributed by atoms with E-state index in [1.54, 1.807) is 0 Å². The van der Waals surface area contributed by atoms with Crippen LogP contribution in [-0.2, 0) is 6.54 Å². The van der Waals surface area contributed by atoms with Gasteiger partial charge in [-0.2, -0.15) is 0 Å². The van der Waals surface area contributed by atoms with Gasteiger partial charge >= 0.3 is 4.87 Å². The Labute approximate surface area is 109 Å². The monoisotopic (exact) mass is 262 g/mol. The smallest absolute Gasteiger partial charge is 0.310 e. The second kappa shape index (κ2) is 5.18. The molecule has 0 atom stereocenters. The van der Waals surface area contributed by atoms with E-state index in [1.807, 2.05) is 38.1 Å². The summed E-state index contributed by atoms with van der Waals surface area (Å²) < 4.78 is 1.32. The lowest BCUT2D eigenvalue weighted by Gasteiger charge is -1.98. The van der Waals surface area contributed by atoms with Gasteiger partial charge in [0.1, 0.15) is 4.88 Å². The van der Waals surface area contributed by atoms with Crippen LogP contribution in [0.4, 0.5) is 5.69 Å². The fourth-order valence-electron chi connectivity index (χ4n) is 1.61. The molecule has 18 heavy (non-hydrogen) atoms. The predicted molar refractivity (Wildman–Crippen MR) is 74.4 cm³/mol. The molecule has 94 valence electrons. The van der Waals surface area contributed by atoms with Crippen LogP contribution in [0.1, 0.15) is 17.4 Å². The van der Waals surface area contributed by atoms with Crippen molar-refractivity contribution in [3.05, 3.63) is 44.4 Å². The standard InChI is InChI=1S/C13H14N2O2S/c1-3-15-12(16)11(18-13(15)17)8-14-10-7-5-4-6-9(10)2/h4-8,16H,3H2,1-2H3. The largest absolute Gasteiger partial charge is 0.493 e. The lowest BCUT2D eigenvalue weighted by Crippen LogP contribution is -2.09. The first-order valence-electron chi connectivity index (χ1n) is 5.65. The Balaban J connectivity index is 2.36. The Hall–Kier alpha value is -1.88. The minimum Gasteiger partial charge on any atom is -0.493 e. The van der Waals surface area contributed by atoms with E-state index in [0.29, 0.717) is 11.4 Å². The molecule has 0 saturated heterocycles. The summed E-state index contributed by atoms with van der Waals surface area (Å²) in [4.78, 5) is 16.2. The van der Waals surface area contributed by atoms with Crippen LogP contribution in [0.3, 0.4) is 0 Å². The predicted octanol–water partition coefficient (Wildman–Crippen LogP) is 2.69. The molecule has 1 heterocycles. The number of thiazole rings is 1. The minimum atomic E-state index is -0.166. The van der Waals surface area contributed by atoms with Crippen molar-refractivity contribution < 1.29 is 5.11 Å². The molecule has 5 heteroatoms. The van der Waals surface area contributed by atoms with Crippen LogP contribution in [0.25, 0.3) is 0 Å². The fourth-order valence-corrected chi connectivity index (χ4v) is 2.43. The molecule has 0 amide bonds. The number of benzene rings is 1. The third kappa shape index (κ3) is 2.36. The van der Waals surface area contributed by atoms with Crippen LogP contribution in [0.5, 0.6) is 5.88 Å². The molecule has 0 aliphatic heterocycles. The molecule has 4 nitrogen and oxygen atoms in total. The molecule has 0 fully saturated rings. The molecule has 2 rings (SSSR count). The maximum Gasteiger partial charge on any atom is 0.310 e. The van der Waals surface area contributed by atoms with E-state index in [-0.39, 0.29) is 10.8 Å². The Bertz CT molecular complexity index is 641. The summed E-state index contributed by atoms with van der Waals surface area (Å²) in [6.45, 7) is 4.24. The van der Waals surface area contributed by atoms with Crippen LogP contribution in [0, 0.1) is 6.92 Å². The molecule has 0 bridgehead atoms. The zero-order valence-corrected chi connectivity index (χ0v) is 11.1. The highest BCUT2D eigenvalue weighted by molar-refractivity contribution is 7.11. The minimum absolute atomic E-state index is 0.00941. The summed E-state index contributed by atoms with van der Waals surface area (Å²) in [6, 6.07) is 7.70. The summed E-state index contributed by atoms with van der Waals surface area (Å²) >= 11 is 0.999. The van der Waals surface area contributed by atoms with Crippen molar-refractivity contribution >= 4 is 23.2 Å². The first kappa shape index (κ1) is 12.6. The first-order chi connectivity index (χ1) is 8.63. The normalized spacial score (nSPS) is 11.2. The molecule has 0 aliphatic carbocycles. The van der Waals surface area contributed by atoms with Crippen LogP contribution in [0.15, 0.2) is 34.1 Å². The van der Waals surface area contributed by atoms with Gasteiger partial charge in [0.2, 0.25) is 5.88 Å². The SMILES string of the molecule is CCn1c(O)c(C=Nc2ccccc2C)sc1=O. The number of hydrogen-bond acceptors (Lipinski definition) is 4. The lowest BCUT2D eigenvalue weighted by molar-refractivity contribution is 0.417. The van der Waals surface area contributed by atoms with Crippen LogP contribution in [-0.4, -0.2) is 15.9 Å². The Morgan fingerprint density at radius 3 is 2.78 bits per heavy atom. The Morgan fingerprint density at radius 2 is 2.17 bits per heavy atom. The number of hydrogen-bond donors (Lipinski definition) is 1. The van der Waals surface area contributed by atoms with E-state index in [2.05, 4.69) is 4.99 Å². The van der Waals surface area contributed by atoms with Crippen LogP contribution in [0.2, 0.25) is 0 Å². The van der Waals surface area contributed by atoms with E-state index in [9.17, 15) is 9.90 Å². The third-order valence-corrected chi connectivity index (χ3v) is 3.55. The average Bonchev–Trinajstić information content (AvgIpc) is 2.63. The van der Waals surface area contributed by atoms with Gasteiger partial charge in [0.15, 0.2) is 0 Å². The summed E-state index contributed by atoms with van der Waals surface area (Å²) in [5, 5.41) is 9.84. The Kier molecular flexibility index (Phi) is 3.62. The number of rotatable bonds is 3. The molecule has 0 spiro atoms. The van der Waals surface area contributed by atoms with Gasteiger partial charge in [-0.05, 0) is 25.5 Å². The van der Waals surface area contributed by atoms with Gasteiger partial charge in [-0.25, -0.2) is 0 Å². The van der Waals surface area contributed by atoms with Gasteiger partial charge in [-0.3, -0.25) is 14.4 Å². The molecule has 0 saturated carbocycles. The number of para-hydroxylation sites is 1. The lowest BCUT2D eigenvalue weighted by atomic mass is 10.2. The number of aromatic nitrogens is 1. The molecule has 1 aromatic carbocycles. The van der Waals surface area contributed by atoms with Gasteiger partial charge in [0.05, 0.1) is 11.9 Å². The maximum atomic E-state index is 11.5. The van der Waals surface area contributed by atoms with Crippen molar-refractivity contribution in [1.82, 2.24) is 4.57 Å². The summed E-state index contributed by atoms with van der Waals surface area (Å²) in [6.07, 6.45) is 1.54. The van der Waals surface area contributed by atoms with Crippen molar-refractivity contribution in [2.24, 2.45) is 4.99 Å². The van der Waals surface area contributed by atoms with Gasteiger partial charge in [0.25, 0.3) is 0 Å². The van der Waals surface area contributed by atoms with Crippen LogP contribution >= 0.6 is 11.3 Å². The molecule has 0 aliphatic rings. The number of nitrogens with zero attached hydrogens (tertiary/aromatic N) is 2. The topological polar surface area (TPSA) is 54.6 Å². The number of aromatic hydroxyl groups is 1. The fraction of sp³-hybridized carbons (Fsp3) is 0.231. The third-order valence-electron chi connectivity index (χ3n) is 2.65. The highest BCUT2D eigenvalue weighted by Crippen LogP contribution is 2.21. The molecule has 1 aromatic heterocycles. The van der Waals surface area contributed by atoms with Crippen molar-refractivity contribution in [2.75, 3.05) is 0 Å². The van der Waals surface area contributed by atoms with Gasteiger partial charge < -0.3 is 5.11 Å². The quantitative estimate of drug-likeness (QED) is 0.865. The summed E-state index contributed by atoms with van der Waals surface area (Å²) in [5.41, 5.74) is 1.89. The highest BCUT2D eigenvalue weighted by Gasteiger charge is 2.10. The van der Waals surface area contributed by atoms with Crippen molar-refractivity contribution in [1.29, 1.82) is 0 Å². The summed E-state index contributed by atoms with van der Waals surface area (Å²) in [7, 11) is 0. The van der Waals surface area contributed by atoms with Crippen molar-refractivity contribution in [2.45, 2.75) is 20.4 Å². The van der Waals surface area contributed by atoms with Gasteiger partial charge in [-0.15, -0.1) is 0 Å². The number of aliphatic imine (C=N–C) groups is 1. The summed E-state index contributed by atoms with van der Waals surface area (Å²) in [5.74, 6) is -0.00941. The highest BCUT2D eigenvalue weighted by atomic mass is 32.1. The molecular weight excluding hydrogens is 248 g/mol. The van der Waals surface area contributed by atoms with Crippen molar-refractivity contribution in [3.8, 4) is 5.88 Å². The average molecular weight is 262 g/mol. The van der Waals surface area contributed by atoms with Gasteiger partial charge in [0, 0.05) is 6.54 Å². The second-order valence-corrected chi connectivity index (χ2v) is 4.84. The molecule has 0 radical (unpaired) electrons. The number of aryl methyl sites for hydroxylation is 1. The molecule has 0 unspecified atom stereocenters. The van der Waals surface area contributed by atoms with E-state index in [0.717, 1.165) is 22.6 Å². The zero-order valence-electron chi connectivity index (χ0n) is 10.3. The van der Waals surface area contributed by atoms with Gasteiger partial charge in [-0.1, -0.05) is 29.5 Å². The van der Waals surface area contributed by atoms with Crippen LogP contribution < -0.4 is 4.87 Å². The Morgan fingerprint density at radius 1 is 1.44 bits per heavy atom. The van der Waals surface area contributed by atoms with E-state index in [4.69, 9.17) is 0 Å². The molecular formula is C13H14N2O2S. The van der Waals surface area contributed by atoms with E-state index >= 15 is 0 Å². The molecule has 2 aromatic rings. The zero-order chi connectivity index (χ0) is 13.1. The van der Waals surface area contributed by atoms with Crippen molar-refractivity contribution in [3.63, 3.8) is 0 Å². The van der Waals surface area contributed by atoms with E-state index in [1.165, 1.54) is 10.8 Å². The maximum absolute atomic E-state index is 11.5. The molecule has 1 N–H and O–H groups in total. The second-order valence-electron chi connectivity index (χ2n) is 3.84.